The maximum atomic E-state index is 13.0. The minimum atomic E-state index is -0.240. The van der Waals surface area contributed by atoms with Crippen LogP contribution in [0, 0.1) is 5.82 Å². The molecule has 5 heteroatoms. The normalized spacial score (nSPS) is 18.0. The van der Waals surface area contributed by atoms with E-state index in [1.807, 2.05) is 29.2 Å². The second kappa shape index (κ2) is 8.09. The maximum Gasteiger partial charge on any atom is 0.231 e. The van der Waals surface area contributed by atoms with Crippen LogP contribution in [0.4, 0.5) is 10.1 Å². The van der Waals surface area contributed by atoms with Gasteiger partial charge in [-0.05, 0) is 61.7 Å². The molecular weight excluding hydrogens is 343 g/mol. The maximum absolute atomic E-state index is 13.0. The predicted octanol–water partition coefficient (Wildman–Crippen LogP) is 3.65. The number of ether oxygens (including phenoxy) is 1. The number of benzene rings is 2. The number of halogens is 1. The summed E-state index contributed by atoms with van der Waals surface area (Å²) in [6.45, 7) is 3.77. The van der Waals surface area contributed by atoms with Crippen molar-refractivity contribution < 1.29 is 13.9 Å². The SMILES string of the molecule is O=C1Cc2ccccc2N1CCCN1CCC(Oc2ccc(F)cc2)CC1. The molecule has 2 aliphatic heterocycles. The fourth-order valence-electron chi connectivity index (χ4n) is 3.97. The van der Waals surface area contributed by atoms with Crippen LogP contribution < -0.4 is 9.64 Å². The molecule has 0 aliphatic carbocycles. The summed E-state index contributed by atoms with van der Waals surface area (Å²) in [5, 5.41) is 0. The van der Waals surface area contributed by atoms with Gasteiger partial charge in [0.15, 0.2) is 0 Å². The molecule has 0 unspecified atom stereocenters. The summed E-state index contributed by atoms with van der Waals surface area (Å²) < 4.78 is 18.9. The highest BCUT2D eigenvalue weighted by molar-refractivity contribution is 6.01. The first-order chi connectivity index (χ1) is 13.2. The first kappa shape index (κ1) is 18.0. The van der Waals surface area contributed by atoms with E-state index in [9.17, 15) is 9.18 Å². The summed E-state index contributed by atoms with van der Waals surface area (Å²) in [6.07, 6.45) is 3.65. The van der Waals surface area contributed by atoms with Crippen LogP contribution in [-0.4, -0.2) is 43.1 Å². The third-order valence-corrected chi connectivity index (χ3v) is 5.43. The number of likely N-dealkylation sites (tertiary alicyclic amines) is 1. The highest BCUT2D eigenvalue weighted by Crippen LogP contribution is 2.28. The Morgan fingerprint density at radius 2 is 1.74 bits per heavy atom. The fourth-order valence-corrected chi connectivity index (χ4v) is 3.97. The van der Waals surface area contributed by atoms with E-state index < -0.39 is 0 Å². The molecule has 2 aromatic rings. The summed E-state index contributed by atoms with van der Waals surface area (Å²) >= 11 is 0. The van der Waals surface area contributed by atoms with Crippen molar-refractivity contribution in [2.45, 2.75) is 31.8 Å². The molecule has 1 amide bonds. The van der Waals surface area contributed by atoms with Gasteiger partial charge in [-0.2, -0.15) is 0 Å². The van der Waals surface area contributed by atoms with Crippen LogP contribution in [0.2, 0.25) is 0 Å². The van der Waals surface area contributed by atoms with Gasteiger partial charge in [-0.3, -0.25) is 4.79 Å². The molecule has 0 aromatic heterocycles. The largest absolute Gasteiger partial charge is 0.490 e. The molecule has 2 aromatic carbocycles. The number of hydrogen-bond acceptors (Lipinski definition) is 3. The number of carbonyl (C=O) groups excluding carboxylic acids is 1. The quantitative estimate of drug-likeness (QED) is 0.780. The average Bonchev–Trinajstić information content (AvgIpc) is 3.00. The Kier molecular flexibility index (Phi) is 5.39. The number of fused-ring (bicyclic) bond motifs is 1. The topological polar surface area (TPSA) is 32.8 Å². The molecule has 27 heavy (non-hydrogen) atoms. The van der Waals surface area contributed by atoms with Crippen molar-refractivity contribution in [3.63, 3.8) is 0 Å². The molecule has 0 radical (unpaired) electrons. The minimum Gasteiger partial charge on any atom is -0.490 e. The summed E-state index contributed by atoms with van der Waals surface area (Å²) in [5.41, 5.74) is 2.22. The van der Waals surface area contributed by atoms with Crippen LogP contribution in [0.3, 0.4) is 0 Å². The predicted molar refractivity (Wildman–Crippen MR) is 104 cm³/mol. The molecule has 0 atom stereocenters. The molecule has 4 nitrogen and oxygen atoms in total. The summed E-state index contributed by atoms with van der Waals surface area (Å²) in [5.74, 6) is 0.708. The second-order valence-electron chi connectivity index (χ2n) is 7.32. The van der Waals surface area contributed by atoms with E-state index in [2.05, 4.69) is 4.90 Å². The second-order valence-corrected chi connectivity index (χ2v) is 7.32. The van der Waals surface area contributed by atoms with Crippen LogP contribution in [0.1, 0.15) is 24.8 Å². The van der Waals surface area contributed by atoms with Crippen molar-refractivity contribution in [1.29, 1.82) is 0 Å². The van der Waals surface area contributed by atoms with E-state index in [1.165, 1.54) is 12.1 Å². The summed E-state index contributed by atoms with van der Waals surface area (Å²) in [7, 11) is 0. The lowest BCUT2D eigenvalue weighted by atomic mass is 10.1. The van der Waals surface area contributed by atoms with E-state index in [0.29, 0.717) is 6.42 Å². The average molecular weight is 368 g/mol. The first-order valence-electron chi connectivity index (χ1n) is 9.72. The van der Waals surface area contributed by atoms with Crippen LogP contribution in [0.25, 0.3) is 0 Å². The number of anilines is 1. The van der Waals surface area contributed by atoms with Crippen LogP contribution in [0.15, 0.2) is 48.5 Å². The Bertz CT molecular complexity index is 785. The van der Waals surface area contributed by atoms with Gasteiger partial charge in [-0.1, -0.05) is 18.2 Å². The van der Waals surface area contributed by atoms with E-state index in [4.69, 9.17) is 4.74 Å². The highest BCUT2D eigenvalue weighted by atomic mass is 19.1. The number of para-hydroxylation sites is 1. The lowest BCUT2D eigenvalue weighted by Crippen LogP contribution is -2.40. The molecule has 0 bridgehead atoms. The lowest BCUT2D eigenvalue weighted by Gasteiger charge is -2.32. The van der Waals surface area contributed by atoms with Gasteiger partial charge in [0.25, 0.3) is 0 Å². The highest BCUT2D eigenvalue weighted by Gasteiger charge is 2.26. The zero-order chi connectivity index (χ0) is 18.6. The number of hydrogen-bond donors (Lipinski definition) is 0. The minimum absolute atomic E-state index is 0.193. The Balaban J connectivity index is 1.20. The van der Waals surface area contributed by atoms with Gasteiger partial charge in [0, 0.05) is 25.3 Å². The van der Waals surface area contributed by atoms with E-state index in [-0.39, 0.29) is 17.8 Å². The zero-order valence-corrected chi connectivity index (χ0v) is 15.4. The molecule has 0 N–H and O–H groups in total. The van der Waals surface area contributed by atoms with Gasteiger partial charge in [-0.15, -0.1) is 0 Å². The Morgan fingerprint density at radius 3 is 2.52 bits per heavy atom. The summed E-state index contributed by atoms with van der Waals surface area (Å²) in [4.78, 5) is 16.6. The molecule has 1 fully saturated rings. The van der Waals surface area contributed by atoms with Gasteiger partial charge < -0.3 is 14.5 Å². The number of rotatable bonds is 6. The summed E-state index contributed by atoms with van der Waals surface area (Å²) in [6, 6.07) is 14.3. The van der Waals surface area contributed by atoms with Crippen molar-refractivity contribution in [3.05, 3.63) is 59.9 Å². The molecular formula is C22H25FN2O2. The van der Waals surface area contributed by atoms with E-state index >= 15 is 0 Å². The molecule has 0 saturated carbocycles. The monoisotopic (exact) mass is 368 g/mol. The fraction of sp³-hybridized carbons (Fsp3) is 0.409. The van der Waals surface area contributed by atoms with Crippen molar-refractivity contribution in [1.82, 2.24) is 4.90 Å². The smallest absolute Gasteiger partial charge is 0.231 e. The molecule has 4 rings (SSSR count). The van der Waals surface area contributed by atoms with Gasteiger partial charge in [0.2, 0.25) is 5.91 Å². The number of nitrogens with zero attached hydrogens (tertiary/aromatic N) is 2. The molecule has 1 saturated heterocycles. The Hall–Kier alpha value is -2.40. The van der Waals surface area contributed by atoms with E-state index in [0.717, 1.165) is 62.4 Å². The third kappa shape index (κ3) is 4.30. The van der Waals surface area contributed by atoms with Gasteiger partial charge >= 0.3 is 0 Å². The van der Waals surface area contributed by atoms with Crippen molar-refractivity contribution >= 4 is 11.6 Å². The number of carbonyl (C=O) groups is 1. The molecule has 2 aliphatic rings. The van der Waals surface area contributed by atoms with Gasteiger partial charge in [-0.25, -0.2) is 4.39 Å². The van der Waals surface area contributed by atoms with Crippen molar-refractivity contribution in [2.24, 2.45) is 0 Å². The van der Waals surface area contributed by atoms with E-state index in [1.54, 1.807) is 12.1 Å². The molecule has 142 valence electrons. The lowest BCUT2D eigenvalue weighted by molar-refractivity contribution is -0.117. The van der Waals surface area contributed by atoms with Crippen LogP contribution in [0.5, 0.6) is 5.75 Å². The molecule has 0 spiro atoms. The van der Waals surface area contributed by atoms with Crippen LogP contribution in [-0.2, 0) is 11.2 Å². The van der Waals surface area contributed by atoms with Crippen molar-refractivity contribution in [2.75, 3.05) is 31.1 Å². The Labute approximate surface area is 159 Å². The van der Waals surface area contributed by atoms with Crippen LogP contribution >= 0.6 is 0 Å². The Morgan fingerprint density at radius 1 is 1.00 bits per heavy atom. The zero-order valence-electron chi connectivity index (χ0n) is 15.4. The van der Waals surface area contributed by atoms with Gasteiger partial charge in [0.1, 0.15) is 17.7 Å². The molecule has 2 heterocycles. The van der Waals surface area contributed by atoms with Gasteiger partial charge in [0.05, 0.1) is 6.42 Å². The van der Waals surface area contributed by atoms with Crippen molar-refractivity contribution in [3.8, 4) is 5.75 Å². The standard InChI is InChI=1S/C22H25FN2O2/c23-18-6-8-19(9-7-18)27-20-10-14-24(15-11-20)12-3-13-25-21-5-2-1-4-17(21)16-22(25)26/h1-2,4-9,20H,3,10-16H2. The number of piperidine rings is 1. The first-order valence-corrected chi connectivity index (χ1v) is 9.72. The third-order valence-electron chi connectivity index (χ3n) is 5.43. The number of amides is 1.